The van der Waals surface area contributed by atoms with E-state index in [-0.39, 0.29) is 5.75 Å². The molecule has 0 amide bonds. The van der Waals surface area contributed by atoms with Gasteiger partial charge in [-0.25, -0.2) is 0 Å². The van der Waals surface area contributed by atoms with Crippen LogP contribution in [0.2, 0.25) is 0 Å². The van der Waals surface area contributed by atoms with Gasteiger partial charge in [-0.15, -0.1) is 0 Å². The average Bonchev–Trinajstić information content (AvgIpc) is 2.30. The number of hydrogen-bond acceptors (Lipinski definition) is 3. The summed E-state index contributed by atoms with van der Waals surface area (Å²) in [5, 5.41) is 18.1. The first-order valence-electron chi connectivity index (χ1n) is 4.75. The van der Waals surface area contributed by atoms with Crippen LogP contribution in [0.25, 0.3) is 0 Å². The van der Waals surface area contributed by atoms with Crippen LogP contribution >= 0.6 is 0 Å². The minimum atomic E-state index is 0.131. The van der Waals surface area contributed by atoms with Crippen molar-refractivity contribution in [1.82, 2.24) is 0 Å². The van der Waals surface area contributed by atoms with Crippen molar-refractivity contribution in [3.8, 4) is 23.3 Å². The number of para-hydroxylation sites is 1. The number of aromatic hydroxyl groups is 1. The van der Waals surface area contributed by atoms with E-state index in [1.165, 1.54) is 6.07 Å². The summed E-state index contributed by atoms with van der Waals surface area (Å²) in [6, 6.07) is 15.4. The van der Waals surface area contributed by atoms with E-state index in [9.17, 15) is 5.11 Å². The first kappa shape index (κ1) is 10.1. The summed E-state index contributed by atoms with van der Waals surface area (Å²) in [6.45, 7) is 0. The number of nitrogens with zero attached hydrogens (tertiary/aromatic N) is 1. The van der Waals surface area contributed by atoms with E-state index in [1.807, 2.05) is 6.07 Å². The lowest BCUT2D eigenvalue weighted by Gasteiger charge is -2.06. The highest BCUT2D eigenvalue weighted by molar-refractivity contribution is 5.45. The SMILES string of the molecule is N#Cc1ccccc1Oc1cccc(O)c1. The summed E-state index contributed by atoms with van der Waals surface area (Å²) in [4.78, 5) is 0. The maximum Gasteiger partial charge on any atom is 0.145 e. The minimum Gasteiger partial charge on any atom is -0.508 e. The van der Waals surface area contributed by atoms with E-state index in [0.717, 1.165) is 0 Å². The van der Waals surface area contributed by atoms with Crippen LogP contribution < -0.4 is 4.74 Å². The fourth-order valence-electron chi connectivity index (χ4n) is 1.32. The molecule has 2 aromatic carbocycles. The monoisotopic (exact) mass is 211 g/mol. The molecule has 0 fully saturated rings. The van der Waals surface area contributed by atoms with Crippen LogP contribution in [0.4, 0.5) is 0 Å². The van der Waals surface area contributed by atoms with Crippen molar-refractivity contribution < 1.29 is 9.84 Å². The zero-order valence-electron chi connectivity index (χ0n) is 8.42. The lowest BCUT2D eigenvalue weighted by atomic mass is 10.2. The third-order valence-electron chi connectivity index (χ3n) is 2.05. The first-order valence-corrected chi connectivity index (χ1v) is 4.75. The summed E-state index contributed by atoms with van der Waals surface area (Å²) in [5.74, 6) is 1.12. The third kappa shape index (κ3) is 2.12. The molecule has 0 spiro atoms. The zero-order chi connectivity index (χ0) is 11.4. The number of rotatable bonds is 2. The van der Waals surface area contributed by atoms with Crippen molar-refractivity contribution in [3.05, 3.63) is 54.1 Å². The molecule has 0 aliphatic heterocycles. The van der Waals surface area contributed by atoms with Crippen molar-refractivity contribution in [2.24, 2.45) is 0 Å². The standard InChI is InChI=1S/C13H9NO2/c14-9-10-4-1-2-7-13(10)16-12-6-3-5-11(15)8-12/h1-8,15H. The molecule has 3 heteroatoms. The zero-order valence-corrected chi connectivity index (χ0v) is 8.42. The van der Waals surface area contributed by atoms with Gasteiger partial charge in [-0.1, -0.05) is 18.2 Å². The largest absolute Gasteiger partial charge is 0.508 e. The maximum absolute atomic E-state index is 9.27. The summed E-state index contributed by atoms with van der Waals surface area (Å²) in [5.41, 5.74) is 0.464. The van der Waals surface area contributed by atoms with Gasteiger partial charge in [0.2, 0.25) is 0 Å². The van der Waals surface area contributed by atoms with Gasteiger partial charge in [0, 0.05) is 6.07 Å². The van der Waals surface area contributed by atoms with Gasteiger partial charge in [-0.2, -0.15) is 5.26 Å². The fourth-order valence-corrected chi connectivity index (χ4v) is 1.32. The quantitative estimate of drug-likeness (QED) is 0.830. The van der Waals surface area contributed by atoms with E-state index >= 15 is 0 Å². The van der Waals surface area contributed by atoms with Gasteiger partial charge in [0.15, 0.2) is 0 Å². The van der Waals surface area contributed by atoms with E-state index in [4.69, 9.17) is 10.00 Å². The predicted octanol–water partition coefficient (Wildman–Crippen LogP) is 3.06. The Labute approximate surface area is 93.2 Å². The minimum absolute atomic E-state index is 0.131. The molecule has 78 valence electrons. The number of phenols is 1. The smallest absolute Gasteiger partial charge is 0.145 e. The van der Waals surface area contributed by atoms with E-state index in [2.05, 4.69) is 0 Å². The molecule has 0 saturated heterocycles. The molecule has 0 radical (unpaired) electrons. The highest BCUT2D eigenvalue weighted by atomic mass is 16.5. The second-order valence-electron chi connectivity index (χ2n) is 3.21. The Balaban J connectivity index is 2.31. The molecule has 2 aromatic rings. The number of ether oxygens (including phenoxy) is 1. The number of hydrogen-bond donors (Lipinski definition) is 1. The molecule has 0 aliphatic rings. The van der Waals surface area contributed by atoms with Gasteiger partial charge in [0.05, 0.1) is 5.56 Å². The van der Waals surface area contributed by atoms with Crippen LogP contribution in [-0.4, -0.2) is 5.11 Å². The van der Waals surface area contributed by atoms with Crippen LogP contribution in [0.1, 0.15) is 5.56 Å². The molecule has 0 saturated carbocycles. The molecule has 0 atom stereocenters. The average molecular weight is 211 g/mol. The van der Waals surface area contributed by atoms with Crippen LogP contribution in [0, 0.1) is 11.3 Å². The second-order valence-corrected chi connectivity index (χ2v) is 3.21. The molecule has 2 rings (SSSR count). The second kappa shape index (κ2) is 4.37. The van der Waals surface area contributed by atoms with E-state index < -0.39 is 0 Å². The Hall–Kier alpha value is -2.47. The summed E-state index contributed by atoms with van der Waals surface area (Å²) in [7, 11) is 0. The predicted molar refractivity (Wildman–Crippen MR) is 59.3 cm³/mol. The molecule has 3 nitrogen and oxygen atoms in total. The van der Waals surface area contributed by atoms with Gasteiger partial charge < -0.3 is 9.84 Å². The summed E-state index contributed by atoms with van der Waals surface area (Å²) >= 11 is 0. The molecule has 0 heterocycles. The van der Waals surface area contributed by atoms with Crippen molar-refractivity contribution in [1.29, 1.82) is 5.26 Å². The lowest BCUT2D eigenvalue weighted by molar-refractivity contribution is 0.454. The first-order chi connectivity index (χ1) is 7.79. The van der Waals surface area contributed by atoms with Crippen LogP contribution in [-0.2, 0) is 0 Å². The number of benzene rings is 2. The topological polar surface area (TPSA) is 53.2 Å². The lowest BCUT2D eigenvalue weighted by Crippen LogP contribution is -1.87. The van der Waals surface area contributed by atoms with E-state index in [1.54, 1.807) is 42.5 Å². The molecule has 0 aromatic heterocycles. The van der Waals surface area contributed by atoms with Crippen LogP contribution in [0.3, 0.4) is 0 Å². The van der Waals surface area contributed by atoms with E-state index in [0.29, 0.717) is 17.1 Å². The molecular formula is C13H9NO2. The molecule has 1 N–H and O–H groups in total. The van der Waals surface area contributed by atoms with Gasteiger partial charge in [0.1, 0.15) is 23.3 Å². The Morgan fingerprint density at radius 2 is 1.88 bits per heavy atom. The maximum atomic E-state index is 9.27. The Kier molecular flexibility index (Phi) is 2.75. The van der Waals surface area contributed by atoms with Crippen molar-refractivity contribution in [2.75, 3.05) is 0 Å². The molecule has 0 aliphatic carbocycles. The van der Waals surface area contributed by atoms with Gasteiger partial charge in [-0.3, -0.25) is 0 Å². The van der Waals surface area contributed by atoms with Gasteiger partial charge in [0.25, 0.3) is 0 Å². The Bertz CT molecular complexity index is 544. The molecule has 0 unspecified atom stereocenters. The van der Waals surface area contributed by atoms with Crippen molar-refractivity contribution >= 4 is 0 Å². The Morgan fingerprint density at radius 1 is 1.06 bits per heavy atom. The summed E-state index contributed by atoms with van der Waals surface area (Å²) < 4.78 is 5.50. The van der Waals surface area contributed by atoms with Crippen molar-refractivity contribution in [3.63, 3.8) is 0 Å². The van der Waals surface area contributed by atoms with Gasteiger partial charge in [-0.05, 0) is 24.3 Å². The normalized spacial score (nSPS) is 9.44. The highest BCUT2D eigenvalue weighted by Crippen LogP contribution is 2.26. The molecular weight excluding hydrogens is 202 g/mol. The van der Waals surface area contributed by atoms with Crippen molar-refractivity contribution in [2.45, 2.75) is 0 Å². The molecule has 0 bridgehead atoms. The highest BCUT2D eigenvalue weighted by Gasteiger charge is 2.03. The van der Waals surface area contributed by atoms with Gasteiger partial charge >= 0.3 is 0 Å². The third-order valence-corrected chi connectivity index (χ3v) is 2.05. The number of phenolic OH excluding ortho intramolecular Hbond substituents is 1. The fraction of sp³-hybridized carbons (Fsp3) is 0. The van der Waals surface area contributed by atoms with Crippen LogP contribution in [0.15, 0.2) is 48.5 Å². The summed E-state index contributed by atoms with van der Waals surface area (Å²) in [6.07, 6.45) is 0. The molecule has 16 heavy (non-hydrogen) atoms. The van der Waals surface area contributed by atoms with Crippen LogP contribution in [0.5, 0.6) is 17.2 Å². The Morgan fingerprint density at radius 3 is 2.62 bits per heavy atom. The number of nitriles is 1.